The Morgan fingerprint density at radius 1 is 1.00 bits per heavy atom. The molecule has 0 bridgehead atoms. The average molecular weight is 459 g/mol. The van der Waals surface area contributed by atoms with Gasteiger partial charge in [0.15, 0.2) is 5.69 Å². The summed E-state index contributed by atoms with van der Waals surface area (Å²) in [5.41, 5.74) is 6.95. The van der Waals surface area contributed by atoms with Gasteiger partial charge in [-0.05, 0) is 55.7 Å². The SMILES string of the molecule is NC(=O)c1nc(-c2c(Cl)cccc2Cl)oc1Nc1ccc(C(=O)N2CCCCC2)cc1. The number of halogens is 2. The van der Waals surface area contributed by atoms with Crippen molar-refractivity contribution in [2.24, 2.45) is 5.73 Å². The van der Waals surface area contributed by atoms with Gasteiger partial charge in [-0.1, -0.05) is 29.3 Å². The van der Waals surface area contributed by atoms with Crippen LogP contribution in [0.1, 0.15) is 40.1 Å². The van der Waals surface area contributed by atoms with Gasteiger partial charge in [0, 0.05) is 24.3 Å². The Hall–Kier alpha value is -3.03. The molecule has 3 aromatic rings. The number of hydrogen-bond acceptors (Lipinski definition) is 5. The van der Waals surface area contributed by atoms with Crippen molar-refractivity contribution in [3.63, 3.8) is 0 Å². The maximum absolute atomic E-state index is 12.6. The number of carbonyl (C=O) groups excluding carboxylic acids is 2. The first-order chi connectivity index (χ1) is 14.9. The minimum Gasteiger partial charge on any atom is -0.419 e. The van der Waals surface area contributed by atoms with Crippen molar-refractivity contribution in [1.29, 1.82) is 0 Å². The van der Waals surface area contributed by atoms with Gasteiger partial charge in [0.2, 0.25) is 11.8 Å². The van der Waals surface area contributed by atoms with Crippen LogP contribution in [-0.4, -0.2) is 34.8 Å². The van der Waals surface area contributed by atoms with Gasteiger partial charge in [-0.3, -0.25) is 9.59 Å². The predicted molar refractivity (Wildman–Crippen MR) is 120 cm³/mol. The zero-order chi connectivity index (χ0) is 22.0. The summed E-state index contributed by atoms with van der Waals surface area (Å²) in [6, 6.07) is 11.9. The van der Waals surface area contributed by atoms with Crippen LogP contribution in [0, 0.1) is 0 Å². The second-order valence-electron chi connectivity index (χ2n) is 7.21. The van der Waals surface area contributed by atoms with Crippen LogP contribution in [-0.2, 0) is 0 Å². The van der Waals surface area contributed by atoms with Crippen molar-refractivity contribution in [1.82, 2.24) is 9.88 Å². The van der Waals surface area contributed by atoms with Crippen LogP contribution in [0.2, 0.25) is 10.0 Å². The first kappa shape index (κ1) is 21.2. The third-order valence-electron chi connectivity index (χ3n) is 5.07. The van der Waals surface area contributed by atoms with Gasteiger partial charge >= 0.3 is 0 Å². The highest BCUT2D eigenvalue weighted by Crippen LogP contribution is 2.36. The van der Waals surface area contributed by atoms with Crippen molar-refractivity contribution in [2.45, 2.75) is 19.3 Å². The third kappa shape index (κ3) is 4.52. The first-order valence-electron chi connectivity index (χ1n) is 9.85. The van der Waals surface area contributed by atoms with Gasteiger partial charge in [-0.15, -0.1) is 0 Å². The number of nitrogens with one attached hydrogen (secondary N) is 1. The lowest BCUT2D eigenvalue weighted by atomic mass is 10.1. The van der Waals surface area contributed by atoms with Crippen molar-refractivity contribution in [2.75, 3.05) is 18.4 Å². The van der Waals surface area contributed by atoms with Crippen molar-refractivity contribution >= 4 is 46.6 Å². The van der Waals surface area contributed by atoms with Gasteiger partial charge in [0.25, 0.3) is 11.8 Å². The van der Waals surface area contributed by atoms with Crippen LogP contribution in [0.25, 0.3) is 11.5 Å². The number of amides is 2. The van der Waals surface area contributed by atoms with Gasteiger partial charge in [0.1, 0.15) is 0 Å². The number of aromatic nitrogens is 1. The Balaban J connectivity index is 1.58. The highest BCUT2D eigenvalue weighted by molar-refractivity contribution is 6.38. The molecular weight excluding hydrogens is 439 g/mol. The minimum atomic E-state index is -0.766. The number of rotatable bonds is 5. The molecule has 0 saturated carbocycles. The normalized spacial score (nSPS) is 13.8. The molecule has 2 amide bonds. The Labute approximate surface area is 189 Å². The number of oxazole rings is 1. The second-order valence-corrected chi connectivity index (χ2v) is 8.03. The summed E-state index contributed by atoms with van der Waals surface area (Å²) < 4.78 is 5.73. The highest BCUT2D eigenvalue weighted by Gasteiger charge is 2.23. The molecule has 0 spiro atoms. The molecule has 9 heteroatoms. The van der Waals surface area contributed by atoms with Gasteiger partial charge < -0.3 is 20.4 Å². The fourth-order valence-corrected chi connectivity index (χ4v) is 4.05. The number of hydrogen-bond donors (Lipinski definition) is 2. The van der Waals surface area contributed by atoms with E-state index in [1.54, 1.807) is 42.5 Å². The first-order valence-corrected chi connectivity index (χ1v) is 10.6. The smallest absolute Gasteiger partial charge is 0.273 e. The van der Waals surface area contributed by atoms with Crippen molar-refractivity contribution in [3.05, 3.63) is 63.8 Å². The van der Waals surface area contributed by atoms with Gasteiger partial charge in [-0.2, -0.15) is 0 Å². The van der Waals surface area contributed by atoms with E-state index in [9.17, 15) is 9.59 Å². The number of likely N-dealkylation sites (tertiary alicyclic amines) is 1. The molecule has 0 atom stereocenters. The Morgan fingerprint density at radius 3 is 2.26 bits per heavy atom. The van der Waals surface area contributed by atoms with E-state index in [4.69, 9.17) is 33.4 Å². The minimum absolute atomic E-state index is 0.0133. The summed E-state index contributed by atoms with van der Waals surface area (Å²) in [7, 11) is 0. The zero-order valence-electron chi connectivity index (χ0n) is 16.5. The Kier molecular flexibility index (Phi) is 6.15. The highest BCUT2D eigenvalue weighted by atomic mass is 35.5. The fourth-order valence-electron chi connectivity index (χ4n) is 3.49. The van der Waals surface area contributed by atoms with Gasteiger partial charge in [0.05, 0.1) is 15.6 Å². The van der Waals surface area contributed by atoms with E-state index in [0.29, 0.717) is 26.9 Å². The summed E-state index contributed by atoms with van der Waals surface area (Å²) in [6.07, 6.45) is 3.22. The van der Waals surface area contributed by atoms with Crippen LogP contribution < -0.4 is 11.1 Å². The quantitative estimate of drug-likeness (QED) is 0.552. The molecule has 2 heterocycles. The molecule has 0 aliphatic carbocycles. The summed E-state index contributed by atoms with van der Waals surface area (Å²) in [5.74, 6) is -0.616. The van der Waals surface area contributed by atoms with Crippen molar-refractivity contribution < 1.29 is 14.0 Å². The monoisotopic (exact) mass is 458 g/mol. The average Bonchev–Trinajstić information content (AvgIpc) is 3.18. The molecule has 1 aliphatic rings. The molecule has 1 aromatic heterocycles. The van der Waals surface area contributed by atoms with Crippen LogP contribution in [0.4, 0.5) is 11.6 Å². The fraction of sp³-hybridized carbons (Fsp3) is 0.227. The lowest BCUT2D eigenvalue weighted by Gasteiger charge is -2.26. The predicted octanol–water partition coefficient (Wildman–Crippen LogP) is 5.12. The Morgan fingerprint density at radius 2 is 1.65 bits per heavy atom. The van der Waals surface area contributed by atoms with Crippen molar-refractivity contribution in [3.8, 4) is 11.5 Å². The number of piperidine rings is 1. The maximum atomic E-state index is 12.6. The van der Waals surface area contributed by atoms with E-state index < -0.39 is 5.91 Å². The van der Waals surface area contributed by atoms with Crippen LogP contribution >= 0.6 is 23.2 Å². The van der Waals surface area contributed by atoms with E-state index in [2.05, 4.69) is 10.3 Å². The molecule has 1 fully saturated rings. The second kappa shape index (κ2) is 8.99. The summed E-state index contributed by atoms with van der Waals surface area (Å²) in [6.45, 7) is 1.57. The van der Waals surface area contributed by atoms with E-state index in [0.717, 1.165) is 32.4 Å². The Bertz CT molecular complexity index is 1100. The number of primary amides is 1. The lowest BCUT2D eigenvalue weighted by Crippen LogP contribution is -2.35. The van der Waals surface area contributed by atoms with E-state index in [1.807, 2.05) is 4.90 Å². The number of anilines is 2. The molecule has 0 radical (unpaired) electrons. The topological polar surface area (TPSA) is 101 Å². The zero-order valence-corrected chi connectivity index (χ0v) is 18.0. The molecule has 4 rings (SSSR count). The van der Waals surface area contributed by atoms with Crippen LogP contribution in [0.3, 0.4) is 0 Å². The molecule has 3 N–H and O–H groups in total. The number of nitrogens with two attached hydrogens (primary N) is 1. The molecule has 1 saturated heterocycles. The summed E-state index contributed by atoms with van der Waals surface area (Å²) in [4.78, 5) is 30.6. The van der Waals surface area contributed by atoms with Crippen LogP contribution in [0.15, 0.2) is 46.9 Å². The number of benzene rings is 2. The third-order valence-corrected chi connectivity index (χ3v) is 5.70. The molecular formula is C22H20Cl2N4O3. The van der Waals surface area contributed by atoms with E-state index >= 15 is 0 Å². The largest absolute Gasteiger partial charge is 0.419 e. The van der Waals surface area contributed by atoms with Gasteiger partial charge in [-0.25, -0.2) is 4.98 Å². The molecule has 2 aromatic carbocycles. The van der Waals surface area contributed by atoms with E-state index in [-0.39, 0.29) is 23.4 Å². The van der Waals surface area contributed by atoms with Crippen LogP contribution in [0.5, 0.6) is 0 Å². The summed E-state index contributed by atoms with van der Waals surface area (Å²) in [5, 5.41) is 3.65. The maximum Gasteiger partial charge on any atom is 0.273 e. The molecule has 31 heavy (non-hydrogen) atoms. The molecule has 7 nitrogen and oxygen atoms in total. The number of nitrogens with zero attached hydrogens (tertiary/aromatic N) is 2. The lowest BCUT2D eigenvalue weighted by molar-refractivity contribution is 0.0724. The standard InChI is InChI=1S/C22H20Cl2N4O3/c23-15-5-4-6-16(24)17(15)20-27-18(19(25)29)21(31-20)26-14-9-7-13(8-10-14)22(30)28-11-2-1-3-12-28/h4-10,26H,1-3,11-12H2,(H2,25,29). The summed E-state index contributed by atoms with van der Waals surface area (Å²) >= 11 is 12.4. The van der Waals surface area contributed by atoms with E-state index in [1.165, 1.54) is 0 Å². The molecule has 1 aliphatic heterocycles. The molecule has 160 valence electrons. The number of carbonyl (C=O) groups is 2. The molecule has 0 unspecified atom stereocenters.